The van der Waals surface area contributed by atoms with E-state index >= 15 is 0 Å². The highest BCUT2D eigenvalue weighted by Crippen LogP contribution is 1.69. The van der Waals surface area contributed by atoms with Gasteiger partial charge in [-0.2, -0.15) is 0 Å². The van der Waals surface area contributed by atoms with Crippen molar-refractivity contribution in [2.45, 2.75) is 0 Å². The van der Waals surface area contributed by atoms with Crippen LogP contribution in [0.4, 0.5) is 0 Å². The molecule has 0 aliphatic heterocycles. The molecule has 8 heavy (non-hydrogen) atoms. The second kappa shape index (κ2) is 3.57. The minimum absolute atomic E-state index is 0.403. The van der Waals surface area contributed by atoms with E-state index in [0.29, 0.717) is 5.17 Å². The molecule has 1 unspecified atom stereocenters. The third-order valence-electron chi connectivity index (χ3n) is 0.539. The van der Waals surface area contributed by atoms with E-state index < -0.39 is 0 Å². The van der Waals surface area contributed by atoms with Gasteiger partial charge in [0.2, 0.25) is 0 Å². The summed E-state index contributed by atoms with van der Waals surface area (Å²) in [6.45, 7) is 3.33. The van der Waals surface area contributed by atoms with Crippen molar-refractivity contribution in [3.8, 4) is 0 Å². The van der Waals surface area contributed by atoms with Gasteiger partial charge in [0.1, 0.15) is 0 Å². The molecule has 0 bridgehead atoms. The maximum Gasteiger partial charge on any atom is 0.339 e. The van der Waals surface area contributed by atoms with E-state index in [0.717, 1.165) is 4.90 Å². The van der Waals surface area contributed by atoms with Crippen molar-refractivity contribution in [3.05, 3.63) is 19.9 Å². The molecule has 0 aliphatic carbocycles. The molecule has 0 fully saturated rings. The molecule has 0 spiro atoms. The zero-order valence-electron chi connectivity index (χ0n) is 4.81. The Balaban J connectivity index is 3.48. The molecule has 0 radical (unpaired) electrons. The number of ether oxygens (including phenoxy) is 1. The Hall–Kier alpha value is -0.410. The minimum atomic E-state index is 0.403. The number of thiocarbonyl (C=S) groups is 1. The van der Waals surface area contributed by atoms with Crippen molar-refractivity contribution in [1.82, 2.24) is 0 Å². The fourth-order valence-electron chi connectivity index (χ4n) is 0.176. The molecule has 46 valence electrons. The highest BCUT2D eigenvalue weighted by atomic mass is 32.1. The zero-order valence-corrected chi connectivity index (χ0v) is 5.62. The Morgan fingerprint density at radius 3 is 2.62 bits per heavy atom. The molecule has 2 nitrogen and oxygen atoms in total. The third-order valence-corrected chi connectivity index (χ3v) is 0.984. The summed E-state index contributed by atoms with van der Waals surface area (Å²) in [5, 5.41) is 0.403. The van der Waals surface area contributed by atoms with E-state index in [1.807, 2.05) is 0 Å². The van der Waals surface area contributed by atoms with Crippen LogP contribution < -0.4 is 4.90 Å². The quantitative estimate of drug-likeness (QED) is 0.299. The summed E-state index contributed by atoms with van der Waals surface area (Å²) in [6.07, 6.45) is 1.29. The molecule has 0 saturated carbocycles. The van der Waals surface area contributed by atoms with Crippen LogP contribution in [-0.2, 0) is 4.74 Å². The lowest BCUT2D eigenvalue weighted by Crippen LogP contribution is -3.06. The first-order valence-corrected chi connectivity index (χ1v) is 2.56. The Labute approximate surface area is 54.7 Å². The molecule has 0 saturated heterocycles. The van der Waals surface area contributed by atoms with E-state index in [4.69, 9.17) is 4.74 Å². The van der Waals surface area contributed by atoms with Crippen molar-refractivity contribution >= 4 is 17.4 Å². The van der Waals surface area contributed by atoms with Crippen molar-refractivity contribution in [3.63, 3.8) is 0 Å². The summed E-state index contributed by atoms with van der Waals surface area (Å²) in [5.74, 6) is 0. The van der Waals surface area contributed by atoms with Crippen LogP contribution in [-0.4, -0.2) is 12.2 Å². The Morgan fingerprint density at radius 1 is 2.00 bits per heavy atom. The number of quaternary nitrogens is 1. The number of hydrogen-bond acceptors (Lipinski definition) is 2. The van der Waals surface area contributed by atoms with Crippen LogP contribution >= 0.6 is 12.2 Å². The summed E-state index contributed by atoms with van der Waals surface area (Å²) in [6, 6.07) is 0. The van der Waals surface area contributed by atoms with Crippen LogP contribution in [0.15, 0.2) is 12.8 Å². The maximum absolute atomic E-state index is 4.70. The van der Waals surface area contributed by atoms with Gasteiger partial charge in [0.05, 0.1) is 6.26 Å². The lowest BCUT2D eigenvalue weighted by molar-refractivity contribution is -0.736. The summed E-state index contributed by atoms with van der Waals surface area (Å²) in [5.41, 5.74) is 0. The molecule has 1 N–H and O–H groups in total. The first-order chi connectivity index (χ1) is 3.68. The molecule has 1 atom stereocenters. The smallest absolute Gasteiger partial charge is 0.339 e. The van der Waals surface area contributed by atoms with Crippen LogP contribution in [0.5, 0.6) is 0 Å². The predicted octanol–water partition coefficient (Wildman–Crippen LogP) is -0.262. The second-order valence-electron chi connectivity index (χ2n) is 1.35. The van der Waals surface area contributed by atoms with Crippen LogP contribution in [0.3, 0.4) is 0 Å². The molecule has 0 aromatic heterocycles. The lowest BCUT2D eigenvalue weighted by atomic mass is 10.9. The van der Waals surface area contributed by atoms with E-state index in [-0.39, 0.29) is 0 Å². The van der Waals surface area contributed by atoms with Crippen LogP contribution in [0, 0.1) is 7.05 Å². The Morgan fingerprint density at radius 2 is 2.50 bits per heavy atom. The van der Waals surface area contributed by atoms with E-state index in [1.165, 1.54) is 6.26 Å². The molecule has 0 aliphatic rings. The van der Waals surface area contributed by atoms with E-state index in [9.17, 15) is 0 Å². The molecule has 0 aromatic carbocycles. The highest BCUT2D eigenvalue weighted by Gasteiger charge is 1.94. The van der Waals surface area contributed by atoms with Crippen LogP contribution in [0.25, 0.3) is 0 Å². The minimum Gasteiger partial charge on any atom is -0.414 e. The molecule has 0 rings (SSSR count). The standard InChI is InChI=1S/C5H9NOS/c1-4-7-5(8)6(2)3/h4,6H,1-2H2,3H3. The summed E-state index contributed by atoms with van der Waals surface area (Å²) < 4.78 is 4.70. The van der Waals surface area contributed by atoms with Gasteiger partial charge >= 0.3 is 5.17 Å². The van der Waals surface area contributed by atoms with Crippen molar-refractivity contribution in [2.24, 2.45) is 0 Å². The summed E-state index contributed by atoms with van der Waals surface area (Å²) in [7, 11) is 5.34. The van der Waals surface area contributed by atoms with Crippen molar-refractivity contribution < 1.29 is 9.64 Å². The van der Waals surface area contributed by atoms with E-state index in [1.54, 1.807) is 7.05 Å². The Bertz CT molecular complexity index is 101. The third kappa shape index (κ3) is 2.71. The molecule has 0 heterocycles. The number of rotatable bonds is 1. The maximum atomic E-state index is 4.70. The topological polar surface area (TPSA) is 13.7 Å². The molecular formula is C5H9NOS. The van der Waals surface area contributed by atoms with Gasteiger partial charge in [0.25, 0.3) is 0 Å². The highest BCUT2D eigenvalue weighted by molar-refractivity contribution is 7.79. The summed E-state index contributed by atoms with van der Waals surface area (Å²) in [4.78, 5) is 0.750. The SMILES string of the molecule is C=COC(=S)[NH+]([CH2-])C. The van der Waals surface area contributed by atoms with Gasteiger partial charge in [-0.05, 0) is 0 Å². The average molecular weight is 131 g/mol. The lowest BCUT2D eigenvalue weighted by Gasteiger charge is -2.10. The van der Waals surface area contributed by atoms with Crippen molar-refractivity contribution in [2.75, 3.05) is 7.05 Å². The van der Waals surface area contributed by atoms with Gasteiger partial charge in [0.15, 0.2) is 0 Å². The van der Waals surface area contributed by atoms with Crippen molar-refractivity contribution in [1.29, 1.82) is 0 Å². The van der Waals surface area contributed by atoms with Gasteiger partial charge < -0.3 is 9.64 Å². The first kappa shape index (κ1) is 7.59. The van der Waals surface area contributed by atoms with Gasteiger partial charge in [-0.3, -0.25) is 0 Å². The molecule has 3 heteroatoms. The average Bonchev–Trinajstić information content (AvgIpc) is 1.67. The van der Waals surface area contributed by atoms with Gasteiger partial charge in [-0.25, -0.2) is 0 Å². The van der Waals surface area contributed by atoms with Crippen LogP contribution in [0.2, 0.25) is 0 Å². The number of hydrogen-bond donors (Lipinski definition) is 1. The number of nitrogens with one attached hydrogen (secondary N) is 1. The van der Waals surface area contributed by atoms with Gasteiger partial charge in [-0.1, -0.05) is 6.58 Å². The van der Waals surface area contributed by atoms with E-state index in [2.05, 4.69) is 25.8 Å². The largest absolute Gasteiger partial charge is 0.414 e. The molecule has 0 aromatic rings. The second-order valence-corrected chi connectivity index (χ2v) is 1.72. The zero-order chi connectivity index (χ0) is 6.57. The summed E-state index contributed by atoms with van der Waals surface area (Å²) >= 11 is 4.68. The van der Waals surface area contributed by atoms with Gasteiger partial charge in [-0.15, -0.1) is 7.05 Å². The fourth-order valence-corrected chi connectivity index (χ4v) is 0.244. The van der Waals surface area contributed by atoms with Gasteiger partial charge in [0, 0.05) is 19.3 Å². The molecule has 0 amide bonds. The fraction of sp³-hybridized carbons (Fsp3) is 0.200. The normalized spacial score (nSPS) is 12.2. The molecular weight excluding hydrogens is 122 g/mol. The predicted molar refractivity (Wildman–Crippen MR) is 36.1 cm³/mol. The monoisotopic (exact) mass is 131 g/mol. The Kier molecular flexibility index (Phi) is 3.39. The first-order valence-electron chi connectivity index (χ1n) is 2.16. The van der Waals surface area contributed by atoms with Crippen LogP contribution in [0.1, 0.15) is 0 Å².